The van der Waals surface area contributed by atoms with Crippen molar-refractivity contribution >= 4 is 23.2 Å². The van der Waals surface area contributed by atoms with Gasteiger partial charge in [-0.2, -0.15) is 13.2 Å². The van der Waals surface area contributed by atoms with Crippen LogP contribution in [0.25, 0.3) is 0 Å². The molecule has 1 aromatic heterocycles. The van der Waals surface area contributed by atoms with E-state index in [0.717, 1.165) is 28.7 Å². The molecule has 4 rings (SSSR count). The first-order valence-corrected chi connectivity index (χ1v) is 9.16. The highest BCUT2D eigenvalue weighted by Crippen LogP contribution is 2.33. The fraction of sp³-hybridized carbons (Fsp3) is 0.421. The Balaban J connectivity index is 1.46. The van der Waals surface area contributed by atoms with Crippen LogP contribution in [0.15, 0.2) is 24.4 Å². The number of carbonyl (C=O) groups excluding carboxylic acids is 2. The number of nitrogens with one attached hydrogen (secondary N) is 2. The number of benzene rings is 1. The summed E-state index contributed by atoms with van der Waals surface area (Å²) in [6, 6.07) is 5.32. The lowest BCUT2D eigenvalue weighted by Gasteiger charge is -2.24. The van der Waals surface area contributed by atoms with Gasteiger partial charge in [0, 0.05) is 48.6 Å². The molecule has 2 aliphatic heterocycles. The molecule has 28 heavy (non-hydrogen) atoms. The van der Waals surface area contributed by atoms with Crippen molar-refractivity contribution in [3.63, 3.8) is 0 Å². The van der Waals surface area contributed by atoms with Crippen molar-refractivity contribution in [3.05, 3.63) is 41.5 Å². The van der Waals surface area contributed by atoms with Crippen LogP contribution < -0.4 is 10.6 Å². The van der Waals surface area contributed by atoms with Crippen LogP contribution in [0.1, 0.15) is 36.3 Å². The molecule has 0 fully saturated rings. The third-order valence-corrected chi connectivity index (χ3v) is 5.22. The zero-order valence-corrected chi connectivity index (χ0v) is 15.0. The van der Waals surface area contributed by atoms with E-state index in [2.05, 4.69) is 15.6 Å². The molecule has 0 unspecified atom stereocenters. The van der Waals surface area contributed by atoms with Gasteiger partial charge in [0.1, 0.15) is 0 Å². The topological polar surface area (TPSA) is 76.0 Å². The molecule has 0 saturated heterocycles. The number of imidazole rings is 1. The van der Waals surface area contributed by atoms with E-state index in [-0.39, 0.29) is 24.8 Å². The molecular formula is C19H19F3N4O2. The molecular weight excluding hydrogens is 373 g/mol. The number of aryl methyl sites for hydroxylation is 1. The van der Waals surface area contributed by atoms with Crippen molar-refractivity contribution in [1.29, 1.82) is 0 Å². The second kappa shape index (κ2) is 6.96. The number of rotatable bonds is 2. The summed E-state index contributed by atoms with van der Waals surface area (Å²) in [4.78, 5) is 27.7. The maximum absolute atomic E-state index is 13.0. The summed E-state index contributed by atoms with van der Waals surface area (Å²) in [6.45, 7) is 0.110. The van der Waals surface area contributed by atoms with Crippen LogP contribution >= 0.6 is 0 Å². The fourth-order valence-corrected chi connectivity index (χ4v) is 3.81. The van der Waals surface area contributed by atoms with E-state index in [9.17, 15) is 22.8 Å². The van der Waals surface area contributed by atoms with E-state index < -0.39 is 17.9 Å². The van der Waals surface area contributed by atoms with Gasteiger partial charge < -0.3 is 15.2 Å². The van der Waals surface area contributed by atoms with Crippen molar-refractivity contribution in [2.45, 2.75) is 44.8 Å². The summed E-state index contributed by atoms with van der Waals surface area (Å²) >= 11 is 0. The van der Waals surface area contributed by atoms with Gasteiger partial charge in [0.15, 0.2) is 0 Å². The molecule has 0 radical (unpaired) electrons. The smallest absolute Gasteiger partial charge is 0.326 e. The van der Waals surface area contributed by atoms with E-state index in [1.54, 1.807) is 12.1 Å². The number of fused-ring (bicyclic) bond motifs is 2. The normalized spacial score (nSPS) is 19.2. The van der Waals surface area contributed by atoms with E-state index >= 15 is 0 Å². The Bertz CT molecular complexity index is 936. The summed E-state index contributed by atoms with van der Waals surface area (Å²) in [5.74, 6) is -1.57. The molecule has 0 bridgehead atoms. The van der Waals surface area contributed by atoms with Gasteiger partial charge in [-0.1, -0.05) is 0 Å². The van der Waals surface area contributed by atoms with Crippen molar-refractivity contribution < 1.29 is 22.8 Å². The zero-order valence-electron chi connectivity index (χ0n) is 15.0. The van der Waals surface area contributed by atoms with Crippen LogP contribution in [0, 0.1) is 5.92 Å². The van der Waals surface area contributed by atoms with Gasteiger partial charge in [0.2, 0.25) is 17.6 Å². The number of carbonyl (C=O) groups is 2. The molecule has 3 heterocycles. The quantitative estimate of drug-likeness (QED) is 0.823. The standard InChI is InChI=1S/C19H19F3N4O2/c20-19(21,22)18-23-10-14-9-12(6-7-26(14)18)17(28)24-13-4-5-15-11(8-13)2-1-3-16(27)25-15/h4-5,8,10,12H,1-3,6-7,9H2,(H,24,28)(H,25,27)/t12-/m1/s1. The lowest BCUT2D eigenvalue weighted by Crippen LogP contribution is -2.31. The summed E-state index contributed by atoms with van der Waals surface area (Å²) in [6.07, 6.45) is -0.815. The number of nitrogens with zero attached hydrogens (tertiary/aromatic N) is 2. The van der Waals surface area contributed by atoms with Crippen LogP contribution in [0.4, 0.5) is 24.5 Å². The second-order valence-electron chi connectivity index (χ2n) is 7.18. The van der Waals surface area contributed by atoms with Gasteiger partial charge in [-0.25, -0.2) is 4.98 Å². The number of hydrogen-bond donors (Lipinski definition) is 2. The molecule has 0 aliphatic carbocycles. The number of halogens is 3. The van der Waals surface area contributed by atoms with Crippen LogP contribution in [-0.4, -0.2) is 21.4 Å². The van der Waals surface area contributed by atoms with Gasteiger partial charge in [0.05, 0.1) is 0 Å². The first-order chi connectivity index (χ1) is 13.3. The number of hydrogen-bond acceptors (Lipinski definition) is 3. The van der Waals surface area contributed by atoms with Crippen LogP contribution in [0.3, 0.4) is 0 Å². The Morgan fingerprint density at radius 2 is 2.11 bits per heavy atom. The molecule has 2 aliphatic rings. The Labute approximate surface area is 159 Å². The van der Waals surface area contributed by atoms with E-state index in [1.807, 2.05) is 6.07 Å². The number of alkyl halides is 3. The van der Waals surface area contributed by atoms with E-state index in [1.165, 1.54) is 6.20 Å². The maximum Gasteiger partial charge on any atom is 0.449 e. The third-order valence-electron chi connectivity index (χ3n) is 5.22. The molecule has 0 saturated carbocycles. The Morgan fingerprint density at radius 1 is 1.29 bits per heavy atom. The number of amides is 2. The molecule has 2 amide bonds. The first kappa shape index (κ1) is 18.5. The second-order valence-corrected chi connectivity index (χ2v) is 7.18. The summed E-state index contributed by atoms with van der Waals surface area (Å²) < 4.78 is 40.0. The van der Waals surface area contributed by atoms with Crippen LogP contribution in [0.2, 0.25) is 0 Å². The first-order valence-electron chi connectivity index (χ1n) is 9.16. The lowest BCUT2D eigenvalue weighted by molar-refractivity contribution is -0.147. The van der Waals surface area contributed by atoms with E-state index in [0.29, 0.717) is 24.2 Å². The molecule has 2 N–H and O–H groups in total. The highest BCUT2D eigenvalue weighted by molar-refractivity contribution is 5.95. The van der Waals surface area contributed by atoms with Gasteiger partial charge in [-0.15, -0.1) is 0 Å². The zero-order chi connectivity index (χ0) is 19.9. The summed E-state index contributed by atoms with van der Waals surface area (Å²) in [5, 5.41) is 5.70. The molecule has 9 heteroatoms. The minimum Gasteiger partial charge on any atom is -0.326 e. The summed E-state index contributed by atoms with van der Waals surface area (Å²) in [5.41, 5.74) is 2.75. The molecule has 2 aromatic rings. The average Bonchev–Trinajstić information content (AvgIpc) is 2.98. The molecule has 148 valence electrons. The highest BCUT2D eigenvalue weighted by Gasteiger charge is 2.39. The Morgan fingerprint density at radius 3 is 2.89 bits per heavy atom. The van der Waals surface area contributed by atoms with Crippen molar-refractivity contribution in [2.75, 3.05) is 10.6 Å². The minimum atomic E-state index is -4.50. The Hall–Kier alpha value is -2.84. The summed E-state index contributed by atoms with van der Waals surface area (Å²) in [7, 11) is 0. The fourth-order valence-electron chi connectivity index (χ4n) is 3.81. The largest absolute Gasteiger partial charge is 0.449 e. The van der Waals surface area contributed by atoms with E-state index in [4.69, 9.17) is 0 Å². The minimum absolute atomic E-state index is 0.0208. The third kappa shape index (κ3) is 3.61. The van der Waals surface area contributed by atoms with Crippen LogP contribution in [-0.2, 0) is 35.2 Å². The predicted octanol–water partition coefficient (Wildman–Crippen LogP) is 3.38. The molecule has 1 atom stereocenters. The van der Waals surface area contributed by atoms with Crippen molar-refractivity contribution in [3.8, 4) is 0 Å². The van der Waals surface area contributed by atoms with Gasteiger partial charge in [-0.3, -0.25) is 9.59 Å². The molecule has 6 nitrogen and oxygen atoms in total. The predicted molar refractivity (Wildman–Crippen MR) is 95.7 cm³/mol. The number of aromatic nitrogens is 2. The molecule has 1 aromatic carbocycles. The van der Waals surface area contributed by atoms with Gasteiger partial charge in [-0.05, 0) is 43.0 Å². The SMILES string of the molecule is O=C1CCCc2cc(NC(=O)[C@@H]3CCn4c(cnc4C(F)(F)F)C3)ccc2N1. The van der Waals surface area contributed by atoms with Gasteiger partial charge >= 0.3 is 6.18 Å². The van der Waals surface area contributed by atoms with Crippen LogP contribution in [0.5, 0.6) is 0 Å². The van der Waals surface area contributed by atoms with Crippen molar-refractivity contribution in [2.24, 2.45) is 5.92 Å². The average molecular weight is 392 g/mol. The maximum atomic E-state index is 13.0. The molecule has 0 spiro atoms. The monoisotopic (exact) mass is 392 g/mol. The number of anilines is 2. The highest BCUT2D eigenvalue weighted by atomic mass is 19.4. The van der Waals surface area contributed by atoms with Crippen molar-refractivity contribution in [1.82, 2.24) is 9.55 Å². The Kier molecular flexibility index (Phi) is 4.60. The van der Waals surface area contributed by atoms with Gasteiger partial charge in [0.25, 0.3) is 0 Å². The lowest BCUT2D eigenvalue weighted by atomic mass is 9.95.